The topological polar surface area (TPSA) is 58.6 Å². The molecule has 0 aliphatic heterocycles. The Kier molecular flexibility index (Phi) is 8.33. The van der Waals surface area contributed by atoms with Crippen molar-refractivity contribution in [1.82, 2.24) is 10.2 Å². The highest BCUT2D eigenvalue weighted by Crippen LogP contribution is 2.16. The van der Waals surface area contributed by atoms with E-state index in [1.807, 2.05) is 44.2 Å². The van der Waals surface area contributed by atoms with Crippen LogP contribution in [-0.2, 0) is 16.1 Å². The second kappa shape index (κ2) is 10.7. The number of nitrogens with zero attached hydrogens (tertiary/aromatic N) is 1. The van der Waals surface area contributed by atoms with Crippen molar-refractivity contribution in [2.24, 2.45) is 0 Å². The molecule has 6 heteroatoms. The number of nitrogens with one attached hydrogen (secondary N) is 1. The summed E-state index contributed by atoms with van der Waals surface area (Å²) in [7, 11) is 0. The molecule has 0 saturated carbocycles. The van der Waals surface area contributed by atoms with E-state index in [2.05, 4.69) is 5.32 Å². The fourth-order valence-electron chi connectivity index (χ4n) is 2.70. The van der Waals surface area contributed by atoms with Crippen LogP contribution in [0.25, 0.3) is 0 Å². The highest BCUT2D eigenvalue weighted by molar-refractivity contribution is 6.30. The minimum Gasteiger partial charge on any atom is -0.484 e. The van der Waals surface area contributed by atoms with E-state index in [1.54, 1.807) is 25.1 Å². The van der Waals surface area contributed by atoms with Gasteiger partial charge in [-0.1, -0.05) is 42.8 Å². The van der Waals surface area contributed by atoms with Crippen molar-refractivity contribution >= 4 is 23.4 Å². The second-order valence-corrected chi connectivity index (χ2v) is 7.16. The smallest absolute Gasteiger partial charge is 0.261 e. The summed E-state index contributed by atoms with van der Waals surface area (Å²) in [6.45, 7) is 6.41. The quantitative estimate of drug-likeness (QED) is 0.690. The molecule has 1 atom stereocenters. The number of carbonyl (C=O) groups excluding carboxylic acids is 2. The Morgan fingerprint density at radius 2 is 1.89 bits per heavy atom. The van der Waals surface area contributed by atoms with Crippen molar-refractivity contribution in [2.75, 3.05) is 13.2 Å². The zero-order valence-electron chi connectivity index (χ0n) is 16.6. The zero-order chi connectivity index (χ0) is 20.5. The van der Waals surface area contributed by atoms with E-state index in [0.717, 1.165) is 17.5 Å². The minimum absolute atomic E-state index is 0.136. The second-order valence-electron chi connectivity index (χ2n) is 6.72. The number of carbonyl (C=O) groups is 2. The molecule has 2 aromatic carbocycles. The van der Waals surface area contributed by atoms with Gasteiger partial charge in [0.1, 0.15) is 11.8 Å². The van der Waals surface area contributed by atoms with E-state index < -0.39 is 6.04 Å². The Bertz CT molecular complexity index is 793. The van der Waals surface area contributed by atoms with Crippen LogP contribution in [0, 0.1) is 6.92 Å². The van der Waals surface area contributed by atoms with Crippen LogP contribution >= 0.6 is 11.6 Å². The molecule has 0 aliphatic rings. The van der Waals surface area contributed by atoms with Crippen molar-refractivity contribution in [3.8, 4) is 5.75 Å². The van der Waals surface area contributed by atoms with Crippen LogP contribution in [0.5, 0.6) is 5.75 Å². The largest absolute Gasteiger partial charge is 0.484 e. The molecule has 0 radical (unpaired) electrons. The Hall–Kier alpha value is -2.53. The van der Waals surface area contributed by atoms with Crippen molar-refractivity contribution in [1.29, 1.82) is 0 Å². The van der Waals surface area contributed by atoms with Crippen molar-refractivity contribution in [2.45, 2.75) is 39.8 Å². The maximum Gasteiger partial charge on any atom is 0.261 e. The molecule has 0 heterocycles. The molecule has 0 saturated heterocycles. The average molecular weight is 403 g/mol. The fourth-order valence-corrected chi connectivity index (χ4v) is 2.82. The number of aryl methyl sites for hydroxylation is 1. The van der Waals surface area contributed by atoms with Gasteiger partial charge in [0.15, 0.2) is 6.61 Å². The molecule has 2 rings (SSSR count). The van der Waals surface area contributed by atoms with Gasteiger partial charge in [-0.05, 0) is 55.7 Å². The monoisotopic (exact) mass is 402 g/mol. The lowest BCUT2D eigenvalue weighted by atomic mass is 10.1. The minimum atomic E-state index is -0.615. The SMILES string of the molecule is CCCNC(=O)[C@H](C)N(Cc1ccc(Cl)cc1)C(=O)COc1cccc(C)c1. The predicted molar refractivity (Wildman–Crippen MR) is 111 cm³/mol. The van der Waals surface area contributed by atoms with Crippen molar-refractivity contribution in [3.63, 3.8) is 0 Å². The van der Waals surface area contributed by atoms with Crippen LogP contribution in [0.2, 0.25) is 5.02 Å². The van der Waals surface area contributed by atoms with E-state index in [0.29, 0.717) is 23.9 Å². The molecule has 0 fully saturated rings. The molecular formula is C22H27ClN2O3. The summed E-state index contributed by atoms with van der Waals surface area (Å²) in [6.07, 6.45) is 0.833. The van der Waals surface area contributed by atoms with Gasteiger partial charge >= 0.3 is 0 Å². The summed E-state index contributed by atoms with van der Waals surface area (Å²) in [5.41, 5.74) is 1.94. The molecule has 28 heavy (non-hydrogen) atoms. The molecule has 2 amide bonds. The third-order valence-corrected chi connectivity index (χ3v) is 4.59. The fraction of sp³-hybridized carbons (Fsp3) is 0.364. The van der Waals surface area contributed by atoms with Gasteiger partial charge in [-0.3, -0.25) is 9.59 Å². The molecule has 0 unspecified atom stereocenters. The van der Waals surface area contributed by atoms with Gasteiger partial charge in [-0.25, -0.2) is 0 Å². The maximum absolute atomic E-state index is 12.9. The maximum atomic E-state index is 12.9. The first-order valence-electron chi connectivity index (χ1n) is 9.41. The molecule has 5 nitrogen and oxygen atoms in total. The van der Waals surface area contributed by atoms with E-state index in [4.69, 9.17) is 16.3 Å². The molecule has 0 bridgehead atoms. The van der Waals surface area contributed by atoms with Gasteiger partial charge < -0.3 is 15.0 Å². The number of rotatable bonds is 9. The lowest BCUT2D eigenvalue weighted by Crippen LogP contribution is -2.49. The Morgan fingerprint density at radius 3 is 2.54 bits per heavy atom. The predicted octanol–water partition coefficient (Wildman–Crippen LogP) is 3.97. The number of amides is 2. The van der Waals surface area contributed by atoms with Crippen LogP contribution in [-0.4, -0.2) is 35.9 Å². The molecule has 150 valence electrons. The third-order valence-electron chi connectivity index (χ3n) is 4.33. The first-order chi connectivity index (χ1) is 13.4. The summed E-state index contributed by atoms with van der Waals surface area (Å²) < 4.78 is 5.65. The van der Waals surface area contributed by atoms with E-state index in [1.165, 1.54) is 4.90 Å². The summed E-state index contributed by atoms with van der Waals surface area (Å²) in [5.74, 6) is 0.193. The summed E-state index contributed by atoms with van der Waals surface area (Å²) in [4.78, 5) is 26.9. The van der Waals surface area contributed by atoms with Gasteiger partial charge in [0.05, 0.1) is 0 Å². The number of hydrogen-bond acceptors (Lipinski definition) is 3. The summed E-state index contributed by atoms with van der Waals surface area (Å²) >= 11 is 5.95. The lowest BCUT2D eigenvalue weighted by molar-refractivity contribution is -0.142. The van der Waals surface area contributed by atoms with Crippen molar-refractivity contribution in [3.05, 3.63) is 64.7 Å². The van der Waals surface area contributed by atoms with Crippen molar-refractivity contribution < 1.29 is 14.3 Å². The molecule has 1 N–H and O–H groups in total. The number of hydrogen-bond donors (Lipinski definition) is 1. The van der Waals surface area contributed by atoms with Crippen LogP contribution in [0.4, 0.5) is 0 Å². The molecule has 0 spiro atoms. The molecule has 0 aromatic heterocycles. The van der Waals surface area contributed by atoms with Crippen LogP contribution in [0.15, 0.2) is 48.5 Å². The number of benzene rings is 2. The Labute approximate surface area is 171 Å². The van der Waals surface area contributed by atoms with Gasteiger partial charge in [0.2, 0.25) is 5.91 Å². The van der Waals surface area contributed by atoms with Gasteiger partial charge in [0, 0.05) is 18.1 Å². The Morgan fingerprint density at radius 1 is 1.18 bits per heavy atom. The summed E-state index contributed by atoms with van der Waals surface area (Å²) in [5, 5.41) is 3.47. The van der Waals surface area contributed by atoms with Gasteiger partial charge in [-0.15, -0.1) is 0 Å². The number of halogens is 1. The van der Waals surface area contributed by atoms with E-state index in [9.17, 15) is 9.59 Å². The summed E-state index contributed by atoms with van der Waals surface area (Å²) in [6, 6.07) is 14.1. The highest BCUT2D eigenvalue weighted by atomic mass is 35.5. The Balaban J connectivity index is 2.11. The van der Waals surface area contributed by atoms with Crippen LogP contribution < -0.4 is 10.1 Å². The van der Waals surface area contributed by atoms with Crippen LogP contribution in [0.3, 0.4) is 0 Å². The van der Waals surface area contributed by atoms with Crippen LogP contribution in [0.1, 0.15) is 31.4 Å². The van der Waals surface area contributed by atoms with Gasteiger partial charge in [0.25, 0.3) is 5.91 Å². The third kappa shape index (κ3) is 6.57. The lowest BCUT2D eigenvalue weighted by Gasteiger charge is -2.28. The molecular weight excluding hydrogens is 376 g/mol. The highest BCUT2D eigenvalue weighted by Gasteiger charge is 2.26. The molecule has 2 aromatic rings. The number of ether oxygens (including phenoxy) is 1. The first kappa shape index (κ1) is 21.8. The van der Waals surface area contributed by atoms with E-state index >= 15 is 0 Å². The normalized spacial score (nSPS) is 11.6. The zero-order valence-corrected chi connectivity index (χ0v) is 17.3. The van der Waals surface area contributed by atoms with E-state index in [-0.39, 0.29) is 18.4 Å². The van der Waals surface area contributed by atoms with Gasteiger partial charge in [-0.2, -0.15) is 0 Å². The standard InChI is InChI=1S/C22H27ClN2O3/c1-4-12-24-22(27)17(3)25(14-18-8-10-19(23)11-9-18)21(26)15-28-20-7-5-6-16(2)13-20/h5-11,13,17H,4,12,14-15H2,1-3H3,(H,24,27)/t17-/m0/s1. The molecule has 0 aliphatic carbocycles. The first-order valence-corrected chi connectivity index (χ1v) is 9.79. The average Bonchev–Trinajstić information content (AvgIpc) is 2.69.